The Morgan fingerprint density at radius 2 is 2.09 bits per heavy atom. The van der Waals surface area contributed by atoms with Gasteiger partial charge in [0.1, 0.15) is 18.3 Å². The van der Waals surface area contributed by atoms with Crippen LogP contribution in [0.2, 0.25) is 0 Å². The van der Waals surface area contributed by atoms with E-state index < -0.39 is 44.3 Å². The lowest BCUT2D eigenvalue weighted by Gasteiger charge is -2.18. The number of nitrogen functional groups attached to an aromatic ring is 1. The molecule has 0 spiro atoms. The second kappa shape index (κ2) is 10.7. The molecule has 5 N–H and O–H groups in total. The highest BCUT2D eigenvalue weighted by Crippen LogP contribution is 2.34. The van der Waals surface area contributed by atoms with E-state index in [1.807, 2.05) is 0 Å². The van der Waals surface area contributed by atoms with Crippen LogP contribution in [0.4, 0.5) is 10.2 Å². The molecule has 1 unspecified atom stereocenters. The molecule has 13 nitrogen and oxygen atoms in total. The summed E-state index contributed by atoms with van der Waals surface area (Å²) < 4.78 is 42.5. The lowest BCUT2D eigenvalue weighted by molar-refractivity contribution is -0.119. The number of halogens is 1. The molecule has 0 aromatic carbocycles. The second-order valence-electron chi connectivity index (χ2n) is 7.84. The predicted molar refractivity (Wildman–Crippen MR) is 115 cm³/mol. The maximum absolute atomic E-state index is 13.6. The molecular formula is C17H25FN5O8PS. The standard InChI is InChI=1S/C17H25FN5O8PS/c1-17(2,6-24)15(27)33-4-3-29-32(28)30-5-8-10(25)11(26)14(31-8)23-7-20-9-12(19)21-16(18)22-13(9)23/h7-8,10-11,14,24-26,32H,3-6H2,1-2H3,(H2,19,21,22)/t8-,10-,11+,14-/m1/s1. The van der Waals surface area contributed by atoms with Crippen molar-refractivity contribution in [2.45, 2.75) is 38.4 Å². The summed E-state index contributed by atoms with van der Waals surface area (Å²) >= 11 is 0.941. The number of fused-ring (bicyclic) bond motifs is 1. The van der Waals surface area contributed by atoms with Crippen molar-refractivity contribution in [1.29, 1.82) is 0 Å². The van der Waals surface area contributed by atoms with Crippen molar-refractivity contribution in [1.82, 2.24) is 19.5 Å². The fraction of sp³-hybridized carbons (Fsp3) is 0.647. The minimum atomic E-state index is -2.97. The summed E-state index contributed by atoms with van der Waals surface area (Å²) in [6, 6.07) is 0. The lowest BCUT2D eigenvalue weighted by atomic mass is 9.97. The number of carbonyl (C=O) groups is 1. The van der Waals surface area contributed by atoms with E-state index in [1.54, 1.807) is 13.8 Å². The van der Waals surface area contributed by atoms with E-state index >= 15 is 0 Å². The summed E-state index contributed by atoms with van der Waals surface area (Å²) in [5.41, 5.74) is 4.79. The van der Waals surface area contributed by atoms with Crippen LogP contribution in [0.15, 0.2) is 6.33 Å². The fourth-order valence-electron chi connectivity index (χ4n) is 2.90. The van der Waals surface area contributed by atoms with Gasteiger partial charge < -0.3 is 34.8 Å². The Kier molecular flexibility index (Phi) is 8.40. The molecule has 0 saturated carbocycles. The molecule has 1 saturated heterocycles. The summed E-state index contributed by atoms with van der Waals surface area (Å²) in [4.78, 5) is 22.8. The van der Waals surface area contributed by atoms with E-state index in [0.717, 1.165) is 11.8 Å². The van der Waals surface area contributed by atoms with Crippen molar-refractivity contribution in [3.05, 3.63) is 12.4 Å². The topological polar surface area (TPSA) is 192 Å². The first-order valence-electron chi connectivity index (χ1n) is 9.80. The van der Waals surface area contributed by atoms with E-state index in [9.17, 15) is 24.0 Å². The van der Waals surface area contributed by atoms with E-state index in [4.69, 9.17) is 24.6 Å². The molecule has 5 atom stereocenters. The first-order valence-corrected chi connectivity index (χ1v) is 12.0. The Labute approximate surface area is 192 Å². The molecular weight excluding hydrogens is 484 g/mol. The van der Waals surface area contributed by atoms with E-state index in [0.29, 0.717) is 0 Å². The number of aliphatic hydroxyl groups excluding tert-OH is 3. The lowest BCUT2D eigenvalue weighted by Crippen LogP contribution is -2.33. The quantitative estimate of drug-likeness (QED) is 0.188. The Bertz CT molecular complexity index is 1030. The van der Waals surface area contributed by atoms with Crippen LogP contribution in [-0.4, -0.2) is 83.8 Å². The number of aliphatic hydroxyl groups is 3. The van der Waals surface area contributed by atoms with Crippen molar-refractivity contribution in [2.75, 3.05) is 31.3 Å². The van der Waals surface area contributed by atoms with E-state index in [-0.39, 0.29) is 47.7 Å². The van der Waals surface area contributed by atoms with Gasteiger partial charge in [0.2, 0.25) is 0 Å². The summed E-state index contributed by atoms with van der Waals surface area (Å²) in [5.74, 6) is 0.0142. The number of hydrogen-bond donors (Lipinski definition) is 4. The van der Waals surface area contributed by atoms with Crippen molar-refractivity contribution >= 4 is 42.1 Å². The van der Waals surface area contributed by atoms with Crippen molar-refractivity contribution in [2.24, 2.45) is 5.41 Å². The van der Waals surface area contributed by atoms with Crippen LogP contribution >= 0.6 is 20.0 Å². The monoisotopic (exact) mass is 509 g/mol. The predicted octanol–water partition coefficient (Wildman–Crippen LogP) is -0.132. The van der Waals surface area contributed by atoms with E-state index in [1.165, 1.54) is 10.9 Å². The molecule has 1 aliphatic rings. The van der Waals surface area contributed by atoms with Gasteiger partial charge in [-0.2, -0.15) is 14.4 Å². The maximum Gasteiger partial charge on any atom is 0.319 e. The molecule has 1 fully saturated rings. The third kappa shape index (κ3) is 5.87. The molecule has 0 aliphatic carbocycles. The highest BCUT2D eigenvalue weighted by Gasteiger charge is 2.44. The molecule has 184 valence electrons. The zero-order valence-electron chi connectivity index (χ0n) is 17.8. The minimum Gasteiger partial charge on any atom is -0.395 e. The van der Waals surface area contributed by atoms with Crippen LogP contribution < -0.4 is 5.73 Å². The number of rotatable bonds is 10. The normalized spacial score (nSPS) is 24.4. The Hall–Kier alpha value is -1.71. The van der Waals surface area contributed by atoms with Gasteiger partial charge in [0.05, 0.1) is 31.6 Å². The van der Waals surface area contributed by atoms with Crippen LogP contribution in [0.3, 0.4) is 0 Å². The molecule has 3 rings (SSSR count). The van der Waals surface area contributed by atoms with Crippen LogP contribution in [0.5, 0.6) is 0 Å². The Balaban J connectivity index is 1.51. The fourth-order valence-corrected chi connectivity index (χ4v) is 4.51. The molecule has 0 radical (unpaired) electrons. The number of thioether (sulfide) groups is 1. The molecule has 16 heteroatoms. The smallest absolute Gasteiger partial charge is 0.319 e. The first kappa shape index (κ1) is 25.9. The van der Waals surface area contributed by atoms with Crippen molar-refractivity contribution in [3.8, 4) is 0 Å². The van der Waals surface area contributed by atoms with Gasteiger partial charge in [-0.05, 0) is 13.8 Å². The SMILES string of the molecule is CC(C)(CO)C(=O)SCCO[PH](=O)OC[C@H]1O[C@@H](n2cnc3c(N)nc(F)nc32)[C@@H](O)[C@@H]1O. The average molecular weight is 509 g/mol. The number of nitrogens with two attached hydrogens (primary N) is 1. The Morgan fingerprint density at radius 1 is 1.36 bits per heavy atom. The highest BCUT2D eigenvalue weighted by molar-refractivity contribution is 8.13. The summed E-state index contributed by atoms with van der Waals surface area (Å²) in [5, 5.41) is 29.6. The molecule has 0 bridgehead atoms. The molecule has 33 heavy (non-hydrogen) atoms. The zero-order valence-corrected chi connectivity index (χ0v) is 19.6. The first-order chi connectivity index (χ1) is 15.5. The van der Waals surface area contributed by atoms with E-state index in [2.05, 4.69) is 15.0 Å². The maximum atomic E-state index is 13.6. The number of hydrogen-bond acceptors (Lipinski definition) is 13. The number of ether oxygens (including phenoxy) is 1. The van der Waals surface area contributed by atoms with Crippen LogP contribution in [0.1, 0.15) is 20.1 Å². The Morgan fingerprint density at radius 3 is 2.79 bits per heavy atom. The van der Waals surface area contributed by atoms with Crippen LogP contribution in [0, 0.1) is 11.5 Å². The minimum absolute atomic E-state index is 0.0360. The third-order valence-electron chi connectivity index (χ3n) is 4.88. The summed E-state index contributed by atoms with van der Waals surface area (Å²) in [6.45, 7) is 2.51. The average Bonchev–Trinajstić information content (AvgIpc) is 3.30. The highest BCUT2D eigenvalue weighted by atomic mass is 32.2. The molecule has 2 aromatic rings. The van der Waals surface area contributed by atoms with Gasteiger partial charge in [-0.1, -0.05) is 11.8 Å². The summed E-state index contributed by atoms with van der Waals surface area (Å²) in [6.07, 6.45) is -5.01. The zero-order chi connectivity index (χ0) is 24.3. The molecule has 3 heterocycles. The van der Waals surface area contributed by atoms with Gasteiger partial charge in [-0.25, -0.2) is 4.98 Å². The van der Waals surface area contributed by atoms with Crippen molar-refractivity contribution in [3.63, 3.8) is 0 Å². The number of imidazole rings is 1. The molecule has 2 aromatic heterocycles. The molecule has 0 amide bonds. The largest absolute Gasteiger partial charge is 0.395 e. The number of aromatic nitrogens is 4. The third-order valence-corrected chi connectivity index (χ3v) is 6.91. The van der Waals surface area contributed by atoms with Crippen molar-refractivity contribution < 1.29 is 42.9 Å². The van der Waals surface area contributed by atoms with Gasteiger partial charge in [-0.3, -0.25) is 13.9 Å². The van der Waals surface area contributed by atoms with Gasteiger partial charge in [0.15, 0.2) is 28.3 Å². The van der Waals surface area contributed by atoms with Crippen LogP contribution in [0.25, 0.3) is 11.2 Å². The van der Waals surface area contributed by atoms with Crippen LogP contribution in [-0.2, 0) is 23.1 Å². The number of nitrogens with zero attached hydrogens (tertiary/aromatic N) is 4. The molecule has 1 aliphatic heterocycles. The van der Waals surface area contributed by atoms with Gasteiger partial charge in [-0.15, -0.1) is 0 Å². The number of anilines is 1. The summed E-state index contributed by atoms with van der Waals surface area (Å²) in [7, 11) is -2.97. The second-order valence-corrected chi connectivity index (χ2v) is 9.98. The van der Waals surface area contributed by atoms with Gasteiger partial charge in [0.25, 0.3) is 0 Å². The van der Waals surface area contributed by atoms with Gasteiger partial charge in [0, 0.05) is 5.75 Å². The van der Waals surface area contributed by atoms with Gasteiger partial charge >= 0.3 is 14.3 Å². The number of carbonyl (C=O) groups excluding carboxylic acids is 1.